The highest BCUT2D eigenvalue weighted by Gasteiger charge is 2.13. The lowest BCUT2D eigenvalue weighted by Gasteiger charge is -2.10. The fraction of sp³-hybridized carbons (Fsp3) is 0.0323. The molecular formula is C31H22Cl2N2O2. The van der Waals surface area contributed by atoms with E-state index in [0.717, 1.165) is 27.5 Å². The van der Waals surface area contributed by atoms with Crippen molar-refractivity contribution in [3.63, 3.8) is 0 Å². The number of hydrogen-bond donors (Lipinski definition) is 2. The molecule has 6 aromatic rings. The number of fused-ring (bicyclic) bond motifs is 2. The van der Waals surface area contributed by atoms with E-state index < -0.39 is 0 Å². The number of rotatable bonds is 2. The zero-order chi connectivity index (χ0) is 25.9. The van der Waals surface area contributed by atoms with E-state index in [1.54, 1.807) is 36.7 Å². The van der Waals surface area contributed by atoms with E-state index in [1.807, 2.05) is 73.7 Å². The van der Waals surface area contributed by atoms with Crippen molar-refractivity contribution >= 4 is 45.0 Å². The normalized spacial score (nSPS) is 10.8. The summed E-state index contributed by atoms with van der Waals surface area (Å²) in [6.07, 6.45) is 3.30. The quantitative estimate of drug-likeness (QED) is 0.237. The second-order valence-corrected chi connectivity index (χ2v) is 9.36. The van der Waals surface area contributed by atoms with Gasteiger partial charge in [0.05, 0.1) is 10.0 Å². The van der Waals surface area contributed by atoms with Crippen molar-refractivity contribution in [1.82, 2.24) is 9.97 Å². The first-order chi connectivity index (χ1) is 17.9. The van der Waals surface area contributed by atoms with Crippen LogP contribution in [0.5, 0.6) is 11.5 Å². The Hall–Kier alpha value is -4.12. The molecule has 0 amide bonds. The molecule has 0 aliphatic rings. The molecular weight excluding hydrogens is 503 g/mol. The molecule has 0 aliphatic carbocycles. The summed E-state index contributed by atoms with van der Waals surface area (Å²) in [4.78, 5) is 8.41. The minimum absolute atomic E-state index is 0.168. The summed E-state index contributed by atoms with van der Waals surface area (Å²) >= 11 is 12.5. The smallest absolute Gasteiger partial charge is 0.149 e. The standard InChI is InChI=1S/C16H12ClNO.C15H10ClNO/c1-10-4-2-5-11(8-10)13-9-14(17)12-6-3-7-18-15(12)16(13)19;16-13-9-12(10-5-2-1-3-6-10)15(18)14-11(13)7-4-8-17-14/h2-9,19H,1H3;1-9,18H. The van der Waals surface area contributed by atoms with Gasteiger partial charge < -0.3 is 10.2 Å². The molecule has 4 nitrogen and oxygen atoms in total. The van der Waals surface area contributed by atoms with Gasteiger partial charge in [0, 0.05) is 34.3 Å². The Balaban J connectivity index is 0.000000152. The van der Waals surface area contributed by atoms with Crippen LogP contribution in [-0.2, 0) is 0 Å². The number of aromatic nitrogens is 2. The number of hydrogen-bond acceptors (Lipinski definition) is 4. The summed E-state index contributed by atoms with van der Waals surface area (Å²) in [6, 6.07) is 28.4. The molecule has 6 heteroatoms. The van der Waals surface area contributed by atoms with Gasteiger partial charge in [0.15, 0.2) is 0 Å². The molecule has 6 rings (SSSR count). The first kappa shape index (κ1) is 24.6. The molecule has 0 unspecified atom stereocenters. The number of phenolic OH excluding ortho intramolecular Hbond substituents is 2. The Bertz CT molecular complexity index is 1740. The van der Waals surface area contributed by atoms with Gasteiger partial charge in [-0.05, 0) is 54.4 Å². The second-order valence-electron chi connectivity index (χ2n) is 8.54. The number of pyridine rings is 2. The molecule has 37 heavy (non-hydrogen) atoms. The molecule has 0 fully saturated rings. The van der Waals surface area contributed by atoms with Crippen LogP contribution in [0.2, 0.25) is 10.0 Å². The van der Waals surface area contributed by atoms with Gasteiger partial charge in [0.2, 0.25) is 0 Å². The highest BCUT2D eigenvalue weighted by molar-refractivity contribution is 6.36. The number of halogens is 2. The second kappa shape index (κ2) is 10.5. The molecule has 2 heterocycles. The molecule has 0 atom stereocenters. The monoisotopic (exact) mass is 524 g/mol. The van der Waals surface area contributed by atoms with Crippen LogP contribution in [0.15, 0.2) is 103 Å². The lowest BCUT2D eigenvalue weighted by Crippen LogP contribution is -1.86. The summed E-state index contributed by atoms with van der Waals surface area (Å²) in [5, 5.41) is 23.4. The van der Waals surface area contributed by atoms with Crippen LogP contribution in [0.4, 0.5) is 0 Å². The van der Waals surface area contributed by atoms with E-state index in [4.69, 9.17) is 23.2 Å². The van der Waals surface area contributed by atoms with E-state index in [9.17, 15) is 10.2 Å². The van der Waals surface area contributed by atoms with Crippen molar-refractivity contribution in [3.05, 3.63) is 119 Å². The van der Waals surface area contributed by atoms with Crippen LogP contribution in [-0.4, -0.2) is 20.2 Å². The van der Waals surface area contributed by atoms with E-state index >= 15 is 0 Å². The highest BCUT2D eigenvalue weighted by atomic mass is 35.5. The van der Waals surface area contributed by atoms with E-state index in [-0.39, 0.29) is 11.5 Å². The van der Waals surface area contributed by atoms with E-state index in [0.29, 0.717) is 32.2 Å². The summed E-state index contributed by atoms with van der Waals surface area (Å²) < 4.78 is 0. The lowest BCUT2D eigenvalue weighted by atomic mass is 10.0. The predicted octanol–water partition coefficient (Wildman–Crippen LogP) is 8.83. The third-order valence-electron chi connectivity index (χ3n) is 6.04. The Morgan fingerprint density at radius 3 is 1.62 bits per heavy atom. The molecule has 0 radical (unpaired) electrons. The number of aryl methyl sites for hydroxylation is 1. The average Bonchev–Trinajstić information content (AvgIpc) is 2.93. The molecule has 0 spiro atoms. The molecule has 0 aliphatic heterocycles. The SMILES string of the molecule is Cc1cccc(-c2cc(Cl)c3cccnc3c2O)c1.Oc1c(-c2ccccc2)cc(Cl)c2cccnc12. The molecule has 0 saturated carbocycles. The Kier molecular flexibility index (Phi) is 6.95. The van der Waals surface area contributed by atoms with Crippen molar-refractivity contribution in [3.8, 4) is 33.8 Å². The fourth-order valence-electron chi connectivity index (χ4n) is 4.24. The number of aromatic hydroxyl groups is 2. The molecule has 2 aromatic heterocycles. The number of nitrogens with zero attached hydrogens (tertiary/aromatic N) is 2. The van der Waals surface area contributed by atoms with Gasteiger partial charge in [-0.1, -0.05) is 83.4 Å². The van der Waals surface area contributed by atoms with Crippen LogP contribution in [0.1, 0.15) is 5.56 Å². The minimum atomic E-state index is 0.168. The summed E-state index contributed by atoms with van der Waals surface area (Å²) in [6.45, 7) is 2.02. The highest BCUT2D eigenvalue weighted by Crippen LogP contribution is 2.40. The Labute approximate surface area is 224 Å². The van der Waals surface area contributed by atoms with Crippen LogP contribution in [0, 0.1) is 6.92 Å². The van der Waals surface area contributed by atoms with Crippen LogP contribution in [0.3, 0.4) is 0 Å². The van der Waals surface area contributed by atoms with Crippen LogP contribution >= 0.6 is 23.2 Å². The van der Waals surface area contributed by atoms with Gasteiger partial charge in [-0.3, -0.25) is 9.97 Å². The molecule has 0 bridgehead atoms. The maximum Gasteiger partial charge on any atom is 0.149 e. The van der Waals surface area contributed by atoms with Crippen molar-refractivity contribution in [2.45, 2.75) is 6.92 Å². The van der Waals surface area contributed by atoms with Gasteiger partial charge >= 0.3 is 0 Å². The number of phenols is 2. The predicted molar refractivity (Wildman–Crippen MR) is 152 cm³/mol. The average molecular weight is 525 g/mol. The fourth-order valence-corrected chi connectivity index (χ4v) is 4.77. The first-order valence-corrected chi connectivity index (χ1v) is 12.3. The summed E-state index contributed by atoms with van der Waals surface area (Å²) in [5.41, 5.74) is 5.47. The molecule has 2 N–H and O–H groups in total. The molecule has 182 valence electrons. The zero-order valence-corrected chi connectivity index (χ0v) is 21.4. The minimum Gasteiger partial charge on any atom is -0.505 e. The Morgan fingerprint density at radius 2 is 1.08 bits per heavy atom. The number of benzene rings is 4. The summed E-state index contributed by atoms with van der Waals surface area (Å²) in [7, 11) is 0. The van der Waals surface area contributed by atoms with Crippen molar-refractivity contribution in [1.29, 1.82) is 0 Å². The first-order valence-electron chi connectivity index (χ1n) is 11.6. The maximum atomic E-state index is 10.4. The van der Waals surface area contributed by atoms with E-state index in [2.05, 4.69) is 9.97 Å². The van der Waals surface area contributed by atoms with Gasteiger partial charge in [0.1, 0.15) is 22.5 Å². The molecule has 4 aromatic carbocycles. The largest absolute Gasteiger partial charge is 0.505 e. The van der Waals surface area contributed by atoms with Gasteiger partial charge in [-0.15, -0.1) is 0 Å². The van der Waals surface area contributed by atoms with Crippen molar-refractivity contribution < 1.29 is 10.2 Å². The Morgan fingerprint density at radius 1 is 0.568 bits per heavy atom. The van der Waals surface area contributed by atoms with Crippen molar-refractivity contribution in [2.75, 3.05) is 0 Å². The topological polar surface area (TPSA) is 66.2 Å². The van der Waals surface area contributed by atoms with Gasteiger partial charge in [0.25, 0.3) is 0 Å². The zero-order valence-electron chi connectivity index (χ0n) is 19.9. The van der Waals surface area contributed by atoms with Crippen LogP contribution < -0.4 is 0 Å². The molecule has 0 saturated heterocycles. The lowest BCUT2D eigenvalue weighted by molar-refractivity contribution is 0.482. The van der Waals surface area contributed by atoms with Crippen molar-refractivity contribution in [2.24, 2.45) is 0 Å². The van der Waals surface area contributed by atoms with E-state index in [1.165, 1.54) is 0 Å². The maximum absolute atomic E-state index is 10.4. The van der Waals surface area contributed by atoms with Gasteiger partial charge in [-0.2, -0.15) is 0 Å². The van der Waals surface area contributed by atoms with Gasteiger partial charge in [-0.25, -0.2) is 0 Å². The third-order valence-corrected chi connectivity index (χ3v) is 6.67. The third kappa shape index (κ3) is 4.94. The summed E-state index contributed by atoms with van der Waals surface area (Å²) in [5.74, 6) is 0.340. The van der Waals surface area contributed by atoms with Crippen LogP contribution in [0.25, 0.3) is 44.1 Å².